The Morgan fingerprint density at radius 3 is 1.75 bits per heavy atom. The predicted molar refractivity (Wildman–Crippen MR) is 80.9 cm³/mol. The van der Waals surface area contributed by atoms with E-state index >= 15 is 0 Å². The molecular formula is C15H30N2O3. The van der Waals surface area contributed by atoms with E-state index in [-0.39, 0.29) is 6.03 Å². The lowest BCUT2D eigenvalue weighted by atomic mass is 9.93. The number of hydrogen-bond acceptors (Lipinski definition) is 2. The lowest BCUT2D eigenvalue weighted by molar-refractivity contribution is -0.144. The van der Waals surface area contributed by atoms with Gasteiger partial charge in [-0.1, -0.05) is 40.5 Å². The summed E-state index contributed by atoms with van der Waals surface area (Å²) in [4.78, 5) is 25.5. The number of carbonyl (C=O) groups excluding carboxylic acids is 1. The summed E-state index contributed by atoms with van der Waals surface area (Å²) in [5.74, 6) is -0.957. The minimum Gasteiger partial charge on any atom is -0.480 e. The predicted octanol–water partition coefficient (Wildman–Crippen LogP) is 3.24. The summed E-state index contributed by atoms with van der Waals surface area (Å²) in [6, 6.07) is -0.252. The van der Waals surface area contributed by atoms with Gasteiger partial charge in [-0.2, -0.15) is 0 Å². The van der Waals surface area contributed by atoms with Crippen LogP contribution >= 0.6 is 0 Å². The van der Waals surface area contributed by atoms with Gasteiger partial charge in [0.05, 0.1) is 0 Å². The maximum absolute atomic E-state index is 12.3. The Morgan fingerprint density at radius 2 is 1.45 bits per heavy atom. The number of urea groups is 1. The molecule has 2 amide bonds. The molecule has 0 aliphatic carbocycles. The highest BCUT2D eigenvalue weighted by Crippen LogP contribution is 2.16. The molecular weight excluding hydrogens is 256 g/mol. The highest BCUT2D eigenvalue weighted by Gasteiger charge is 2.37. The van der Waals surface area contributed by atoms with Gasteiger partial charge >= 0.3 is 12.0 Å². The van der Waals surface area contributed by atoms with E-state index < -0.39 is 11.5 Å². The molecule has 0 saturated carbocycles. The second-order valence-electron chi connectivity index (χ2n) is 5.22. The first-order valence-corrected chi connectivity index (χ1v) is 7.77. The van der Waals surface area contributed by atoms with Crippen LogP contribution in [0.15, 0.2) is 0 Å². The van der Waals surface area contributed by atoms with E-state index in [9.17, 15) is 14.7 Å². The van der Waals surface area contributed by atoms with Gasteiger partial charge in [-0.05, 0) is 25.7 Å². The van der Waals surface area contributed by atoms with E-state index in [0.717, 1.165) is 25.7 Å². The SMILES string of the molecule is CCCCN(CCCC)C(=O)NC(CC)(CC)C(=O)O. The van der Waals surface area contributed by atoms with Gasteiger partial charge < -0.3 is 15.3 Å². The van der Waals surface area contributed by atoms with Crippen LogP contribution in [0.1, 0.15) is 66.2 Å². The fourth-order valence-corrected chi connectivity index (χ4v) is 2.08. The van der Waals surface area contributed by atoms with E-state index in [2.05, 4.69) is 19.2 Å². The van der Waals surface area contributed by atoms with Crippen LogP contribution in [-0.2, 0) is 4.79 Å². The first-order valence-electron chi connectivity index (χ1n) is 7.77. The maximum atomic E-state index is 12.3. The number of rotatable bonds is 10. The fraction of sp³-hybridized carbons (Fsp3) is 0.867. The molecule has 0 radical (unpaired) electrons. The van der Waals surface area contributed by atoms with Crippen molar-refractivity contribution in [1.29, 1.82) is 0 Å². The van der Waals surface area contributed by atoms with Gasteiger partial charge in [-0.25, -0.2) is 9.59 Å². The van der Waals surface area contributed by atoms with E-state index in [4.69, 9.17) is 0 Å². The summed E-state index contributed by atoms with van der Waals surface area (Å²) < 4.78 is 0. The maximum Gasteiger partial charge on any atom is 0.329 e. The van der Waals surface area contributed by atoms with Crippen LogP contribution in [0.2, 0.25) is 0 Å². The highest BCUT2D eigenvalue weighted by atomic mass is 16.4. The summed E-state index contributed by atoms with van der Waals surface area (Å²) in [5.41, 5.74) is -1.15. The van der Waals surface area contributed by atoms with Crippen molar-refractivity contribution in [2.24, 2.45) is 0 Å². The third-order valence-electron chi connectivity index (χ3n) is 3.81. The van der Waals surface area contributed by atoms with Crippen LogP contribution < -0.4 is 5.32 Å². The van der Waals surface area contributed by atoms with E-state index in [1.165, 1.54) is 0 Å². The first kappa shape index (κ1) is 18.7. The average Bonchev–Trinajstić information content (AvgIpc) is 2.44. The molecule has 5 nitrogen and oxygen atoms in total. The minimum atomic E-state index is -1.15. The molecule has 0 rings (SSSR count). The summed E-state index contributed by atoms with van der Waals surface area (Å²) in [6.45, 7) is 9.11. The number of carboxylic acids is 1. The number of amides is 2. The third-order valence-corrected chi connectivity index (χ3v) is 3.81. The number of unbranched alkanes of at least 4 members (excludes halogenated alkanes) is 2. The molecule has 0 aromatic heterocycles. The summed E-state index contributed by atoms with van der Waals surface area (Å²) in [5, 5.41) is 12.1. The Morgan fingerprint density at radius 1 is 1.00 bits per heavy atom. The monoisotopic (exact) mass is 286 g/mol. The molecule has 20 heavy (non-hydrogen) atoms. The Bertz CT molecular complexity index is 293. The molecule has 0 saturated heterocycles. The third kappa shape index (κ3) is 5.39. The van der Waals surface area contributed by atoms with Crippen LogP contribution in [0, 0.1) is 0 Å². The van der Waals surface area contributed by atoms with Crippen LogP contribution in [0.5, 0.6) is 0 Å². The quantitative estimate of drug-likeness (QED) is 0.647. The van der Waals surface area contributed by atoms with Crippen molar-refractivity contribution in [3.05, 3.63) is 0 Å². The molecule has 0 spiro atoms. The summed E-state index contributed by atoms with van der Waals surface area (Å²) in [6.07, 6.45) is 4.69. The van der Waals surface area contributed by atoms with Gasteiger partial charge in [0.1, 0.15) is 5.54 Å². The Balaban J connectivity index is 4.81. The standard InChI is InChI=1S/C15H30N2O3/c1-5-9-11-17(12-10-6-2)14(20)16-15(7-3,8-4)13(18)19/h5-12H2,1-4H3,(H,16,20)(H,18,19). The van der Waals surface area contributed by atoms with Crippen molar-refractivity contribution in [2.75, 3.05) is 13.1 Å². The van der Waals surface area contributed by atoms with E-state index in [1.54, 1.807) is 18.7 Å². The van der Waals surface area contributed by atoms with Gasteiger partial charge in [-0.3, -0.25) is 0 Å². The molecule has 118 valence electrons. The molecule has 0 aliphatic rings. The zero-order valence-electron chi connectivity index (χ0n) is 13.4. The van der Waals surface area contributed by atoms with Gasteiger partial charge in [0.2, 0.25) is 0 Å². The van der Waals surface area contributed by atoms with Crippen LogP contribution in [0.3, 0.4) is 0 Å². The molecule has 0 aliphatic heterocycles. The fourth-order valence-electron chi connectivity index (χ4n) is 2.08. The Labute approximate surface area is 122 Å². The highest BCUT2D eigenvalue weighted by molar-refractivity contribution is 5.86. The van der Waals surface area contributed by atoms with Crippen molar-refractivity contribution < 1.29 is 14.7 Å². The van der Waals surface area contributed by atoms with Crippen LogP contribution in [0.4, 0.5) is 4.79 Å². The topological polar surface area (TPSA) is 69.6 Å². The largest absolute Gasteiger partial charge is 0.480 e. The zero-order valence-corrected chi connectivity index (χ0v) is 13.4. The van der Waals surface area contributed by atoms with Crippen molar-refractivity contribution in [3.63, 3.8) is 0 Å². The van der Waals surface area contributed by atoms with E-state index in [0.29, 0.717) is 25.9 Å². The van der Waals surface area contributed by atoms with Crippen LogP contribution in [0.25, 0.3) is 0 Å². The molecule has 0 bridgehead atoms. The van der Waals surface area contributed by atoms with Crippen molar-refractivity contribution in [2.45, 2.75) is 71.8 Å². The smallest absolute Gasteiger partial charge is 0.329 e. The van der Waals surface area contributed by atoms with Gasteiger partial charge in [0, 0.05) is 13.1 Å². The normalized spacial score (nSPS) is 11.2. The summed E-state index contributed by atoms with van der Waals surface area (Å²) in [7, 11) is 0. The number of carbonyl (C=O) groups is 2. The number of hydrogen-bond donors (Lipinski definition) is 2. The second-order valence-corrected chi connectivity index (χ2v) is 5.22. The molecule has 0 unspecified atom stereocenters. The van der Waals surface area contributed by atoms with Crippen LogP contribution in [-0.4, -0.2) is 40.6 Å². The van der Waals surface area contributed by atoms with E-state index in [1.807, 2.05) is 0 Å². The van der Waals surface area contributed by atoms with Crippen molar-refractivity contribution >= 4 is 12.0 Å². The van der Waals surface area contributed by atoms with Crippen molar-refractivity contribution in [1.82, 2.24) is 10.2 Å². The molecule has 0 heterocycles. The molecule has 5 heteroatoms. The molecule has 2 N–H and O–H groups in total. The first-order chi connectivity index (χ1) is 9.47. The Hall–Kier alpha value is -1.26. The zero-order chi connectivity index (χ0) is 15.6. The number of nitrogens with one attached hydrogen (secondary N) is 1. The minimum absolute atomic E-state index is 0.252. The molecule has 0 aromatic carbocycles. The molecule has 0 fully saturated rings. The van der Waals surface area contributed by atoms with Gasteiger partial charge in [0.25, 0.3) is 0 Å². The van der Waals surface area contributed by atoms with Gasteiger partial charge in [-0.15, -0.1) is 0 Å². The number of carboxylic acid groups (broad SMARTS) is 1. The number of nitrogens with zero attached hydrogens (tertiary/aromatic N) is 1. The second kappa shape index (κ2) is 9.61. The number of aliphatic carboxylic acids is 1. The lowest BCUT2D eigenvalue weighted by Gasteiger charge is -2.32. The Kier molecular flexibility index (Phi) is 9.01. The molecule has 0 atom stereocenters. The average molecular weight is 286 g/mol. The molecule has 0 aromatic rings. The summed E-state index contributed by atoms with van der Waals surface area (Å²) >= 11 is 0. The van der Waals surface area contributed by atoms with Gasteiger partial charge in [0.15, 0.2) is 0 Å². The lowest BCUT2D eigenvalue weighted by Crippen LogP contribution is -2.57. The van der Waals surface area contributed by atoms with Crippen molar-refractivity contribution in [3.8, 4) is 0 Å².